The summed E-state index contributed by atoms with van der Waals surface area (Å²) in [6, 6.07) is 0. The first-order valence-electron chi connectivity index (χ1n) is 0. The van der Waals surface area contributed by atoms with Gasteiger partial charge in [0.15, 0.2) is 0 Å². The molecule has 0 unspecified atom stereocenters. The van der Waals surface area contributed by atoms with E-state index in [1.807, 2.05) is 0 Å². The maximum absolute atomic E-state index is 0. The predicted octanol–water partition coefficient (Wildman–Crippen LogP) is -0.0100. The molecule has 0 N–H and O–H groups in total. The van der Waals surface area contributed by atoms with Crippen molar-refractivity contribution in [2.75, 3.05) is 0 Å². The van der Waals surface area contributed by atoms with Crippen LogP contribution in [0.15, 0.2) is 0 Å². The van der Waals surface area contributed by atoms with Crippen molar-refractivity contribution < 1.29 is 83.6 Å². The van der Waals surface area contributed by atoms with Crippen molar-refractivity contribution in [1.82, 2.24) is 0 Å². The predicted molar refractivity (Wildman–Crippen MR) is 0 cm³/mol. The average Bonchev–Trinajstić information content (AvgIpc) is 0. The summed E-state index contributed by atoms with van der Waals surface area (Å²) >= 11 is 0. The summed E-state index contributed by atoms with van der Waals surface area (Å²) in [5, 5.41) is 0. The molecule has 0 fully saturated rings. The summed E-state index contributed by atoms with van der Waals surface area (Å²) in [5.74, 6) is 0. The summed E-state index contributed by atoms with van der Waals surface area (Å²) in [6.45, 7) is 0. The Balaban J connectivity index is 0. The Morgan fingerprint density at radius 1 is 0.500 bits per heavy atom. The number of rotatable bonds is 0. The molecule has 0 aliphatic carbocycles. The van der Waals surface area contributed by atoms with E-state index in [4.69, 9.17) is 0 Å². The molecule has 0 heterocycles. The van der Waals surface area contributed by atoms with Gasteiger partial charge in [0, 0.05) is 83.6 Å². The largest absolute Gasteiger partial charge is 0 e. The first-order chi connectivity index (χ1) is 0. The van der Waals surface area contributed by atoms with Crippen molar-refractivity contribution in [1.29, 1.82) is 0 Å². The van der Waals surface area contributed by atoms with E-state index in [9.17, 15) is 0 Å². The fourth-order valence-electron chi connectivity index (χ4n) is 0. The standard InChI is InChI=1S/3Mo.Re. The van der Waals surface area contributed by atoms with Gasteiger partial charge >= 0.3 is 0 Å². The van der Waals surface area contributed by atoms with Crippen molar-refractivity contribution in [2.45, 2.75) is 0 Å². The normalized spacial score (nSPS) is 0. The van der Waals surface area contributed by atoms with Crippen molar-refractivity contribution in [2.24, 2.45) is 0 Å². The maximum Gasteiger partial charge on any atom is 0 e. The molecule has 0 bridgehead atoms. The van der Waals surface area contributed by atoms with Crippen LogP contribution < -0.4 is 0 Å². The van der Waals surface area contributed by atoms with Gasteiger partial charge in [-0.15, -0.1) is 0 Å². The zero-order valence-corrected chi connectivity index (χ0v) is 10.3. The third-order valence-corrected chi connectivity index (χ3v) is 0. The van der Waals surface area contributed by atoms with Gasteiger partial charge in [-0.05, 0) is 0 Å². The summed E-state index contributed by atoms with van der Waals surface area (Å²) in [6.07, 6.45) is 0. The molecule has 0 rings (SSSR count). The minimum absolute atomic E-state index is 0. The molecule has 0 saturated carbocycles. The fourth-order valence-corrected chi connectivity index (χ4v) is 0. The summed E-state index contributed by atoms with van der Waals surface area (Å²) < 4.78 is 0. The summed E-state index contributed by atoms with van der Waals surface area (Å²) in [7, 11) is 0. The van der Waals surface area contributed by atoms with Gasteiger partial charge in [0.25, 0.3) is 0 Å². The molecule has 0 amide bonds. The molecule has 0 aliphatic heterocycles. The second kappa shape index (κ2) is 17.2. The Kier molecular flexibility index (Phi) is 128. The van der Waals surface area contributed by atoms with Crippen LogP contribution in [-0.4, -0.2) is 0 Å². The van der Waals surface area contributed by atoms with Gasteiger partial charge < -0.3 is 0 Å². The SMILES string of the molecule is [Mo].[Mo].[Mo].[Re]. The van der Waals surface area contributed by atoms with Gasteiger partial charge in [-0.1, -0.05) is 0 Å². The quantitative estimate of drug-likeness (QED) is 0.434. The molecule has 0 atom stereocenters. The molecule has 4 heavy (non-hydrogen) atoms. The van der Waals surface area contributed by atoms with E-state index in [0.717, 1.165) is 0 Å². The Morgan fingerprint density at radius 3 is 0.500 bits per heavy atom. The van der Waals surface area contributed by atoms with Gasteiger partial charge in [0.2, 0.25) is 0 Å². The first kappa shape index (κ1) is 29.7. The zero-order valence-electron chi connectivity index (χ0n) is 1.60. The van der Waals surface area contributed by atoms with E-state index in [2.05, 4.69) is 0 Å². The van der Waals surface area contributed by atoms with E-state index in [1.54, 1.807) is 0 Å². The Hall–Kier alpha value is 2.73. The molecule has 0 aromatic carbocycles. The van der Waals surface area contributed by atoms with E-state index in [0.29, 0.717) is 0 Å². The van der Waals surface area contributed by atoms with Crippen LogP contribution in [0.4, 0.5) is 0 Å². The van der Waals surface area contributed by atoms with Gasteiger partial charge in [-0.25, -0.2) is 0 Å². The molecule has 4 heteroatoms. The van der Waals surface area contributed by atoms with E-state index < -0.39 is 0 Å². The van der Waals surface area contributed by atoms with Crippen molar-refractivity contribution in [3.8, 4) is 0 Å². The summed E-state index contributed by atoms with van der Waals surface area (Å²) in [5.41, 5.74) is 0. The second-order valence-electron chi connectivity index (χ2n) is 0. The van der Waals surface area contributed by atoms with E-state index in [1.165, 1.54) is 0 Å². The van der Waals surface area contributed by atoms with Gasteiger partial charge in [-0.3, -0.25) is 0 Å². The molecule has 25 valence electrons. The second-order valence-corrected chi connectivity index (χ2v) is 0. The van der Waals surface area contributed by atoms with Gasteiger partial charge in [0.05, 0.1) is 0 Å². The topological polar surface area (TPSA) is 0 Å². The Morgan fingerprint density at radius 2 is 0.500 bits per heavy atom. The van der Waals surface area contributed by atoms with Crippen LogP contribution >= 0.6 is 0 Å². The van der Waals surface area contributed by atoms with Crippen molar-refractivity contribution >= 4 is 0 Å². The molecule has 0 aromatic heterocycles. The minimum atomic E-state index is 0. The molecular weight excluding hydrogens is 474 g/mol. The Labute approximate surface area is 82.3 Å². The molecule has 0 saturated heterocycles. The monoisotopic (exact) mass is 481 g/mol. The molecule has 1 radical (unpaired) electrons. The van der Waals surface area contributed by atoms with Crippen molar-refractivity contribution in [3.63, 3.8) is 0 Å². The third-order valence-electron chi connectivity index (χ3n) is 0. The smallest absolute Gasteiger partial charge is 0 e. The molecule has 0 aromatic rings. The molecule has 0 spiro atoms. The Bertz CT molecular complexity index is 3.25. The van der Waals surface area contributed by atoms with Gasteiger partial charge in [0.1, 0.15) is 0 Å². The van der Waals surface area contributed by atoms with Crippen LogP contribution in [0.5, 0.6) is 0 Å². The summed E-state index contributed by atoms with van der Waals surface area (Å²) in [4.78, 5) is 0. The average molecular weight is 474 g/mol. The first-order valence-corrected chi connectivity index (χ1v) is 0. The minimum Gasteiger partial charge on any atom is 0 e. The van der Waals surface area contributed by atoms with Crippen LogP contribution in [0.2, 0.25) is 0 Å². The van der Waals surface area contributed by atoms with E-state index in [-0.39, 0.29) is 83.6 Å². The van der Waals surface area contributed by atoms with Crippen LogP contribution in [-0.2, 0) is 83.6 Å². The van der Waals surface area contributed by atoms with Crippen LogP contribution in [0, 0.1) is 0 Å². The molecular formula is Mo3Re. The van der Waals surface area contributed by atoms with Crippen LogP contribution in [0.1, 0.15) is 0 Å². The van der Waals surface area contributed by atoms with Crippen LogP contribution in [0.3, 0.4) is 0 Å². The molecule has 0 nitrogen and oxygen atoms in total. The zero-order chi connectivity index (χ0) is 0. The number of hydrogen-bond donors (Lipinski definition) is 0. The number of hydrogen-bond acceptors (Lipinski definition) is 0. The van der Waals surface area contributed by atoms with Crippen LogP contribution in [0.25, 0.3) is 0 Å². The maximum atomic E-state index is 0. The van der Waals surface area contributed by atoms with E-state index >= 15 is 0 Å². The third kappa shape index (κ3) is 8.83. The van der Waals surface area contributed by atoms with Crippen molar-refractivity contribution in [3.05, 3.63) is 0 Å². The molecule has 0 aliphatic rings. The fraction of sp³-hybridized carbons (Fsp3) is 0. The van der Waals surface area contributed by atoms with Gasteiger partial charge in [-0.2, -0.15) is 0 Å².